The number of nitrogens with one attached hydrogen (secondary N) is 1. The standard InChI is InChI=1S/C21H30N4/c1-7-13-17(10-4)16-22-20-18(14-8-2)19(11-5)23-21(24-20)25(12-6)15-9-3/h7-8,10-11,13-14H,1-2,4,9,12,15-16H2,3,5-6H3,(H,22,23,24)/b17-13+,18-14+,19-11+. The summed E-state index contributed by atoms with van der Waals surface area (Å²) in [6.07, 6.45) is 12.2. The zero-order valence-corrected chi connectivity index (χ0v) is 15.8. The van der Waals surface area contributed by atoms with Crippen LogP contribution in [0.5, 0.6) is 0 Å². The molecule has 0 aliphatic carbocycles. The van der Waals surface area contributed by atoms with Gasteiger partial charge in [0.25, 0.3) is 0 Å². The van der Waals surface area contributed by atoms with Crippen LogP contribution in [0.25, 0.3) is 12.2 Å². The van der Waals surface area contributed by atoms with E-state index in [2.05, 4.69) is 43.8 Å². The van der Waals surface area contributed by atoms with Crippen LogP contribution in [0.4, 0.5) is 11.8 Å². The lowest BCUT2D eigenvalue weighted by molar-refractivity contribution is 0.759. The zero-order valence-electron chi connectivity index (χ0n) is 15.8. The first-order chi connectivity index (χ1) is 12.1. The average molecular weight is 338 g/mol. The minimum atomic E-state index is 0.618. The van der Waals surface area contributed by atoms with Crippen molar-refractivity contribution in [2.45, 2.75) is 27.2 Å². The fourth-order valence-electron chi connectivity index (χ4n) is 2.46. The SMILES string of the molecule is C=C/C=C(\C=C)CNc1nc(N(CC)CCC)nc(=C/C)/c1=C\C=C. The van der Waals surface area contributed by atoms with Crippen molar-refractivity contribution in [2.24, 2.45) is 0 Å². The Morgan fingerprint density at radius 2 is 1.92 bits per heavy atom. The summed E-state index contributed by atoms with van der Waals surface area (Å²) in [5, 5.41) is 5.24. The molecule has 134 valence electrons. The highest BCUT2D eigenvalue weighted by molar-refractivity contribution is 5.52. The van der Waals surface area contributed by atoms with Crippen LogP contribution in [0.15, 0.2) is 49.6 Å². The second-order valence-electron chi connectivity index (χ2n) is 5.48. The summed E-state index contributed by atoms with van der Waals surface area (Å²) >= 11 is 0. The second kappa shape index (κ2) is 11.0. The molecular weight excluding hydrogens is 308 g/mol. The molecule has 0 saturated heterocycles. The van der Waals surface area contributed by atoms with Gasteiger partial charge in [0.1, 0.15) is 5.82 Å². The topological polar surface area (TPSA) is 41.1 Å². The highest BCUT2D eigenvalue weighted by atomic mass is 15.3. The third kappa shape index (κ3) is 5.75. The summed E-state index contributed by atoms with van der Waals surface area (Å²) in [5.41, 5.74) is 1.04. The molecule has 25 heavy (non-hydrogen) atoms. The summed E-state index contributed by atoms with van der Waals surface area (Å²) in [4.78, 5) is 11.7. The molecule has 0 saturated carbocycles. The van der Waals surface area contributed by atoms with Gasteiger partial charge >= 0.3 is 0 Å². The van der Waals surface area contributed by atoms with E-state index in [1.54, 1.807) is 12.2 Å². The van der Waals surface area contributed by atoms with Gasteiger partial charge in [-0.2, -0.15) is 4.98 Å². The Labute approximate surface area is 151 Å². The maximum absolute atomic E-state index is 4.77. The molecule has 0 spiro atoms. The van der Waals surface area contributed by atoms with Crippen LogP contribution >= 0.6 is 0 Å². The van der Waals surface area contributed by atoms with Crippen LogP contribution in [0, 0.1) is 0 Å². The van der Waals surface area contributed by atoms with Crippen molar-refractivity contribution in [3.63, 3.8) is 0 Å². The maximum atomic E-state index is 4.77. The molecular formula is C21H30N4. The Morgan fingerprint density at radius 1 is 1.16 bits per heavy atom. The maximum Gasteiger partial charge on any atom is 0.227 e. The fourth-order valence-corrected chi connectivity index (χ4v) is 2.46. The van der Waals surface area contributed by atoms with E-state index in [-0.39, 0.29) is 0 Å². The van der Waals surface area contributed by atoms with Gasteiger partial charge in [-0.05, 0) is 31.9 Å². The van der Waals surface area contributed by atoms with Gasteiger partial charge < -0.3 is 10.2 Å². The number of allylic oxidation sites excluding steroid dienone is 3. The number of hydrogen-bond donors (Lipinski definition) is 1. The molecule has 1 aromatic rings. The third-order valence-electron chi connectivity index (χ3n) is 3.73. The molecule has 0 unspecified atom stereocenters. The van der Waals surface area contributed by atoms with Crippen molar-refractivity contribution >= 4 is 23.9 Å². The molecule has 4 heteroatoms. The first kappa shape index (κ1) is 20.4. The van der Waals surface area contributed by atoms with E-state index >= 15 is 0 Å². The highest BCUT2D eigenvalue weighted by Crippen LogP contribution is 2.08. The van der Waals surface area contributed by atoms with Crippen molar-refractivity contribution in [3.8, 4) is 0 Å². The van der Waals surface area contributed by atoms with E-state index in [1.807, 2.05) is 31.2 Å². The van der Waals surface area contributed by atoms with E-state index in [0.717, 1.165) is 47.4 Å². The van der Waals surface area contributed by atoms with Gasteiger partial charge in [0, 0.05) is 24.9 Å². The predicted octanol–water partition coefficient (Wildman–Crippen LogP) is 3.19. The van der Waals surface area contributed by atoms with Crippen molar-refractivity contribution in [1.82, 2.24) is 9.97 Å². The van der Waals surface area contributed by atoms with Gasteiger partial charge in [0.15, 0.2) is 0 Å². The van der Waals surface area contributed by atoms with Gasteiger partial charge in [-0.15, -0.1) is 0 Å². The smallest absolute Gasteiger partial charge is 0.227 e. The minimum Gasteiger partial charge on any atom is -0.365 e. The quantitative estimate of drug-likeness (QED) is 0.665. The van der Waals surface area contributed by atoms with Crippen molar-refractivity contribution in [1.29, 1.82) is 0 Å². The van der Waals surface area contributed by atoms with Crippen molar-refractivity contribution < 1.29 is 0 Å². The minimum absolute atomic E-state index is 0.618. The number of rotatable bonds is 10. The van der Waals surface area contributed by atoms with E-state index in [4.69, 9.17) is 9.97 Å². The summed E-state index contributed by atoms with van der Waals surface area (Å²) < 4.78 is 0. The van der Waals surface area contributed by atoms with Crippen LogP contribution in [0.2, 0.25) is 0 Å². The summed E-state index contributed by atoms with van der Waals surface area (Å²) in [7, 11) is 0. The number of anilines is 2. The lowest BCUT2D eigenvalue weighted by Crippen LogP contribution is -2.37. The number of aromatic nitrogens is 2. The van der Waals surface area contributed by atoms with E-state index < -0.39 is 0 Å². The molecule has 1 heterocycles. The normalized spacial score (nSPS) is 12.8. The molecule has 0 amide bonds. The Kier molecular flexibility index (Phi) is 9.01. The molecule has 0 aromatic carbocycles. The molecule has 0 atom stereocenters. The lowest BCUT2D eigenvalue weighted by atomic mass is 10.2. The fraction of sp³-hybridized carbons (Fsp3) is 0.333. The first-order valence-electron chi connectivity index (χ1n) is 8.75. The molecule has 1 aromatic heterocycles. The van der Waals surface area contributed by atoms with Crippen LogP contribution in [-0.4, -0.2) is 29.6 Å². The predicted molar refractivity (Wildman–Crippen MR) is 111 cm³/mol. The first-order valence-corrected chi connectivity index (χ1v) is 8.75. The van der Waals surface area contributed by atoms with Gasteiger partial charge in [-0.3, -0.25) is 0 Å². The Bertz CT molecular complexity index is 744. The summed E-state index contributed by atoms with van der Waals surface area (Å²) in [6.45, 7) is 20.1. The Morgan fingerprint density at radius 3 is 2.44 bits per heavy atom. The summed E-state index contributed by atoms with van der Waals surface area (Å²) in [6, 6.07) is 0. The number of nitrogens with zero attached hydrogens (tertiary/aromatic N) is 3. The van der Waals surface area contributed by atoms with E-state index in [9.17, 15) is 0 Å². The van der Waals surface area contributed by atoms with Gasteiger partial charge in [0.05, 0.1) is 5.35 Å². The van der Waals surface area contributed by atoms with Gasteiger partial charge in [-0.1, -0.05) is 57.0 Å². The van der Waals surface area contributed by atoms with Crippen molar-refractivity contribution in [3.05, 3.63) is 60.2 Å². The molecule has 0 bridgehead atoms. The molecule has 0 aliphatic rings. The highest BCUT2D eigenvalue weighted by Gasteiger charge is 2.10. The van der Waals surface area contributed by atoms with Gasteiger partial charge in [-0.25, -0.2) is 4.98 Å². The Balaban J connectivity index is 3.43. The van der Waals surface area contributed by atoms with E-state index in [1.165, 1.54) is 0 Å². The monoisotopic (exact) mass is 338 g/mol. The molecule has 4 nitrogen and oxygen atoms in total. The average Bonchev–Trinajstić information content (AvgIpc) is 2.63. The zero-order chi connectivity index (χ0) is 18.7. The molecule has 1 rings (SSSR count). The molecule has 0 fully saturated rings. The Hall–Kier alpha value is -2.62. The third-order valence-corrected chi connectivity index (χ3v) is 3.73. The lowest BCUT2D eigenvalue weighted by Gasteiger charge is -2.21. The largest absolute Gasteiger partial charge is 0.365 e. The number of hydrogen-bond acceptors (Lipinski definition) is 4. The van der Waals surface area contributed by atoms with Crippen LogP contribution in [0.1, 0.15) is 27.2 Å². The second-order valence-corrected chi connectivity index (χ2v) is 5.48. The molecule has 0 aliphatic heterocycles. The van der Waals surface area contributed by atoms with Crippen LogP contribution < -0.4 is 20.8 Å². The van der Waals surface area contributed by atoms with E-state index in [0.29, 0.717) is 6.54 Å². The van der Waals surface area contributed by atoms with Crippen LogP contribution in [0.3, 0.4) is 0 Å². The molecule has 1 N–H and O–H groups in total. The summed E-state index contributed by atoms with van der Waals surface area (Å²) in [5.74, 6) is 1.54. The van der Waals surface area contributed by atoms with Gasteiger partial charge in [0.2, 0.25) is 5.95 Å². The molecule has 0 radical (unpaired) electrons. The van der Waals surface area contributed by atoms with Crippen LogP contribution in [-0.2, 0) is 0 Å². The van der Waals surface area contributed by atoms with Crippen molar-refractivity contribution in [2.75, 3.05) is 29.9 Å².